The number of aromatic amines is 1. The van der Waals surface area contributed by atoms with Crippen LogP contribution in [-0.4, -0.2) is 15.7 Å². The summed E-state index contributed by atoms with van der Waals surface area (Å²) in [5.74, 6) is 0. The van der Waals surface area contributed by atoms with Gasteiger partial charge in [0.15, 0.2) is 0 Å². The number of H-pyrrole nitrogens is 1. The van der Waals surface area contributed by atoms with Gasteiger partial charge in [-0.1, -0.05) is 0 Å². The van der Waals surface area contributed by atoms with Gasteiger partial charge in [-0.25, -0.2) is 4.79 Å². The van der Waals surface area contributed by atoms with Gasteiger partial charge in [0.05, 0.1) is 5.39 Å². The fraction of sp³-hybridized carbons (Fsp3) is 0.333. The zero-order chi connectivity index (χ0) is 12.8. The molecule has 0 fully saturated rings. The second-order valence-electron chi connectivity index (χ2n) is 3.56. The van der Waals surface area contributed by atoms with Gasteiger partial charge in [-0.05, 0) is 17.9 Å². The Morgan fingerprint density at radius 2 is 2.06 bits per heavy atom. The van der Waals surface area contributed by atoms with Crippen molar-refractivity contribution in [3.8, 4) is 0 Å². The van der Waals surface area contributed by atoms with Crippen LogP contribution >= 0.6 is 11.3 Å². The summed E-state index contributed by atoms with van der Waals surface area (Å²) in [7, 11) is 0. The minimum absolute atomic E-state index is 0.138. The first-order valence-corrected chi connectivity index (χ1v) is 5.45. The topological polar surface area (TPSA) is 54.9 Å². The number of hydrogen-bond acceptors (Lipinski definition) is 3. The third kappa shape index (κ3) is 2.12. The predicted molar refractivity (Wildman–Crippen MR) is 57.5 cm³/mol. The van der Waals surface area contributed by atoms with Crippen molar-refractivity contribution in [3.63, 3.8) is 0 Å². The molecule has 92 valence electrons. The average molecular weight is 264 g/mol. The van der Waals surface area contributed by atoms with Crippen molar-refractivity contribution in [2.75, 3.05) is 0 Å². The van der Waals surface area contributed by atoms with E-state index in [0.29, 0.717) is 10.4 Å². The number of hydrogen-bond donors (Lipinski definition) is 1. The second kappa shape index (κ2) is 3.73. The van der Waals surface area contributed by atoms with E-state index in [2.05, 4.69) is 4.98 Å². The number of rotatable bonds is 1. The maximum Gasteiger partial charge on any atom is 0.406 e. The third-order valence-electron chi connectivity index (χ3n) is 2.24. The average Bonchev–Trinajstić information content (AvgIpc) is 2.53. The Balaban J connectivity index is 2.76. The number of nitrogens with zero attached hydrogens (tertiary/aromatic N) is 1. The summed E-state index contributed by atoms with van der Waals surface area (Å²) in [6.07, 6.45) is -4.60. The van der Waals surface area contributed by atoms with Gasteiger partial charge in [0.1, 0.15) is 11.4 Å². The first kappa shape index (κ1) is 11.9. The van der Waals surface area contributed by atoms with E-state index < -0.39 is 24.0 Å². The monoisotopic (exact) mass is 264 g/mol. The highest BCUT2D eigenvalue weighted by atomic mass is 32.1. The van der Waals surface area contributed by atoms with Gasteiger partial charge in [-0.2, -0.15) is 13.2 Å². The Bertz CT molecular complexity index is 680. The summed E-state index contributed by atoms with van der Waals surface area (Å²) in [5, 5.41) is 1.75. The van der Waals surface area contributed by atoms with Crippen molar-refractivity contribution in [1.82, 2.24) is 9.55 Å². The predicted octanol–water partition coefficient (Wildman–Crippen LogP) is 1.62. The van der Waals surface area contributed by atoms with Crippen LogP contribution in [0, 0.1) is 6.92 Å². The molecule has 0 saturated carbocycles. The summed E-state index contributed by atoms with van der Waals surface area (Å²) >= 11 is 1.12. The molecular weight excluding hydrogens is 257 g/mol. The Labute approximate surface area is 96.3 Å². The van der Waals surface area contributed by atoms with Gasteiger partial charge in [0.25, 0.3) is 5.56 Å². The Kier molecular flexibility index (Phi) is 2.61. The highest BCUT2D eigenvalue weighted by molar-refractivity contribution is 7.16. The lowest BCUT2D eigenvalue weighted by molar-refractivity contribution is -0.141. The van der Waals surface area contributed by atoms with Gasteiger partial charge >= 0.3 is 11.9 Å². The van der Waals surface area contributed by atoms with Crippen LogP contribution in [0.15, 0.2) is 15.0 Å². The summed E-state index contributed by atoms with van der Waals surface area (Å²) in [4.78, 5) is 25.7. The van der Waals surface area contributed by atoms with Gasteiger partial charge in [-0.3, -0.25) is 14.3 Å². The van der Waals surface area contributed by atoms with Gasteiger partial charge in [-0.15, -0.1) is 11.3 Å². The van der Waals surface area contributed by atoms with Crippen LogP contribution in [0.1, 0.15) is 5.56 Å². The fourth-order valence-corrected chi connectivity index (χ4v) is 2.44. The van der Waals surface area contributed by atoms with Crippen LogP contribution in [0.2, 0.25) is 0 Å². The minimum Gasteiger partial charge on any atom is -0.298 e. The standard InChI is InChI=1S/C9H7F3N2O2S/c1-4-2-17-6-5(4)7(15)14(8(16)13-6)3-9(10,11)12/h2H,3H2,1H3,(H,13,16). The van der Waals surface area contributed by atoms with E-state index in [1.807, 2.05) is 0 Å². The molecule has 0 spiro atoms. The SMILES string of the molecule is Cc1csc2[nH]c(=O)n(CC(F)(F)F)c(=O)c12. The lowest BCUT2D eigenvalue weighted by Gasteiger charge is -2.08. The zero-order valence-electron chi connectivity index (χ0n) is 8.59. The molecule has 0 bridgehead atoms. The van der Waals surface area contributed by atoms with E-state index in [1.54, 1.807) is 12.3 Å². The van der Waals surface area contributed by atoms with Crippen LogP contribution in [0.4, 0.5) is 13.2 Å². The van der Waals surface area contributed by atoms with Crippen molar-refractivity contribution in [3.05, 3.63) is 31.8 Å². The smallest absolute Gasteiger partial charge is 0.298 e. The molecule has 1 N–H and O–H groups in total. The van der Waals surface area contributed by atoms with Crippen LogP contribution in [0.25, 0.3) is 10.2 Å². The van der Waals surface area contributed by atoms with Crippen molar-refractivity contribution < 1.29 is 13.2 Å². The highest BCUT2D eigenvalue weighted by Gasteiger charge is 2.30. The van der Waals surface area contributed by atoms with Crippen LogP contribution < -0.4 is 11.2 Å². The van der Waals surface area contributed by atoms with Crippen LogP contribution in [0.5, 0.6) is 0 Å². The van der Waals surface area contributed by atoms with E-state index in [1.165, 1.54) is 0 Å². The molecule has 2 aromatic heterocycles. The Hall–Kier alpha value is -1.57. The summed E-state index contributed by atoms with van der Waals surface area (Å²) in [6, 6.07) is 0. The lowest BCUT2D eigenvalue weighted by atomic mass is 10.3. The van der Waals surface area contributed by atoms with E-state index >= 15 is 0 Å². The lowest BCUT2D eigenvalue weighted by Crippen LogP contribution is -2.39. The molecule has 0 aliphatic carbocycles. The van der Waals surface area contributed by atoms with E-state index in [4.69, 9.17) is 0 Å². The molecule has 17 heavy (non-hydrogen) atoms. The first-order valence-electron chi connectivity index (χ1n) is 4.57. The minimum atomic E-state index is -4.60. The van der Waals surface area contributed by atoms with Crippen molar-refractivity contribution >= 4 is 21.6 Å². The summed E-state index contributed by atoms with van der Waals surface area (Å²) in [5.41, 5.74) is -1.39. The second-order valence-corrected chi connectivity index (χ2v) is 4.44. The maximum atomic E-state index is 12.2. The molecule has 8 heteroatoms. The fourth-order valence-electron chi connectivity index (χ4n) is 1.52. The number of halogens is 3. The number of aromatic nitrogens is 2. The number of aryl methyl sites for hydroxylation is 1. The molecule has 2 aromatic rings. The van der Waals surface area contributed by atoms with E-state index in [0.717, 1.165) is 11.3 Å². The number of nitrogens with one attached hydrogen (secondary N) is 1. The van der Waals surface area contributed by atoms with Crippen molar-refractivity contribution in [2.24, 2.45) is 0 Å². The third-order valence-corrected chi connectivity index (χ3v) is 3.25. The largest absolute Gasteiger partial charge is 0.406 e. The number of thiophene rings is 1. The van der Waals surface area contributed by atoms with Crippen LogP contribution in [0.3, 0.4) is 0 Å². The molecule has 0 aliphatic heterocycles. The molecule has 2 rings (SSSR count). The molecular formula is C9H7F3N2O2S. The van der Waals surface area contributed by atoms with Gasteiger partial charge < -0.3 is 0 Å². The molecule has 0 unspecified atom stereocenters. The molecule has 0 saturated heterocycles. The highest BCUT2D eigenvalue weighted by Crippen LogP contribution is 2.20. The molecule has 2 heterocycles. The van der Waals surface area contributed by atoms with Gasteiger partial charge in [0, 0.05) is 0 Å². The zero-order valence-corrected chi connectivity index (χ0v) is 9.41. The quantitative estimate of drug-likeness (QED) is 0.851. The Morgan fingerprint density at radius 1 is 1.41 bits per heavy atom. The van der Waals surface area contributed by atoms with E-state index in [-0.39, 0.29) is 9.95 Å². The molecule has 0 aliphatic rings. The summed E-state index contributed by atoms with van der Waals surface area (Å²) in [6.45, 7) is 0.0306. The van der Waals surface area contributed by atoms with Gasteiger partial charge in [0.2, 0.25) is 0 Å². The van der Waals surface area contributed by atoms with Crippen LogP contribution in [-0.2, 0) is 6.54 Å². The molecule has 4 nitrogen and oxygen atoms in total. The first-order chi connectivity index (χ1) is 7.79. The molecule has 0 aromatic carbocycles. The molecule has 0 amide bonds. The molecule has 0 atom stereocenters. The van der Waals surface area contributed by atoms with E-state index in [9.17, 15) is 22.8 Å². The molecule has 0 radical (unpaired) electrons. The number of alkyl halides is 3. The van der Waals surface area contributed by atoms with Crippen molar-refractivity contribution in [1.29, 1.82) is 0 Å². The summed E-state index contributed by atoms with van der Waals surface area (Å²) < 4.78 is 36.8. The van der Waals surface area contributed by atoms with Crippen molar-refractivity contribution in [2.45, 2.75) is 19.6 Å². The maximum absolute atomic E-state index is 12.2. The number of fused-ring (bicyclic) bond motifs is 1. The normalized spacial score (nSPS) is 12.2. The Morgan fingerprint density at radius 3 is 2.65 bits per heavy atom.